The number of carbonyl (C=O) groups excluding carboxylic acids is 1. The van der Waals surface area contributed by atoms with Crippen molar-refractivity contribution in [1.82, 2.24) is 5.43 Å². The predicted molar refractivity (Wildman–Crippen MR) is 140 cm³/mol. The fraction of sp³-hybridized carbons (Fsp3) is 0.231. The van der Waals surface area contributed by atoms with Gasteiger partial charge in [0.15, 0.2) is 23.0 Å². The van der Waals surface area contributed by atoms with E-state index in [4.69, 9.17) is 18.9 Å². The van der Waals surface area contributed by atoms with Crippen molar-refractivity contribution < 1.29 is 28.1 Å². The topological polar surface area (TPSA) is 78.4 Å². The molecular weight excluding hydrogens is 566 g/mol. The van der Waals surface area contributed by atoms with Gasteiger partial charge in [-0.25, -0.2) is 9.82 Å². The summed E-state index contributed by atoms with van der Waals surface area (Å²) < 4.78 is 36.4. The number of methoxy groups -OCH3 is 1. The van der Waals surface area contributed by atoms with E-state index in [2.05, 4.69) is 33.1 Å². The second-order valence-corrected chi connectivity index (χ2v) is 8.34. The van der Waals surface area contributed by atoms with Crippen LogP contribution >= 0.6 is 22.6 Å². The van der Waals surface area contributed by atoms with Crippen molar-refractivity contribution in [1.29, 1.82) is 0 Å². The smallest absolute Gasteiger partial charge is 0.271 e. The van der Waals surface area contributed by atoms with Crippen molar-refractivity contribution >= 4 is 34.7 Å². The van der Waals surface area contributed by atoms with Crippen LogP contribution in [0.1, 0.15) is 35.3 Å². The van der Waals surface area contributed by atoms with Gasteiger partial charge >= 0.3 is 0 Å². The summed E-state index contributed by atoms with van der Waals surface area (Å²) in [4.78, 5) is 12.6. The van der Waals surface area contributed by atoms with Crippen molar-refractivity contribution in [2.24, 2.45) is 5.10 Å². The lowest BCUT2D eigenvalue weighted by Gasteiger charge is -2.13. The number of carbonyl (C=O) groups is 1. The van der Waals surface area contributed by atoms with Crippen molar-refractivity contribution in [3.05, 3.63) is 80.7 Å². The molecule has 35 heavy (non-hydrogen) atoms. The van der Waals surface area contributed by atoms with Gasteiger partial charge in [0, 0.05) is 5.56 Å². The standard InChI is InChI=1S/C26H26FIN2O5/c1-4-33-22-11-8-19(14-23(22)34-5-2)26(31)30-29-15-18-12-21(28)25(24(13-18)32-3)35-16-17-6-9-20(27)10-7-17/h6-15H,4-5,16H2,1-3H3,(H,30,31)/b29-15+. The van der Waals surface area contributed by atoms with Gasteiger partial charge in [-0.05, 0) is 90.0 Å². The zero-order valence-electron chi connectivity index (χ0n) is 19.6. The van der Waals surface area contributed by atoms with Crippen LogP contribution in [0, 0.1) is 9.39 Å². The minimum Gasteiger partial charge on any atom is -0.493 e. The summed E-state index contributed by atoms with van der Waals surface area (Å²) in [6, 6.07) is 14.7. The average Bonchev–Trinajstić information content (AvgIpc) is 2.85. The van der Waals surface area contributed by atoms with Crippen LogP contribution in [0.3, 0.4) is 0 Å². The summed E-state index contributed by atoms with van der Waals surface area (Å²) in [7, 11) is 1.54. The molecule has 0 unspecified atom stereocenters. The zero-order valence-corrected chi connectivity index (χ0v) is 21.8. The van der Waals surface area contributed by atoms with Gasteiger partial charge in [0.2, 0.25) is 0 Å². The number of hydrogen-bond donors (Lipinski definition) is 1. The molecule has 1 amide bonds. The lowest BCUT2D eigenvalue weighted by atomic mass is 10.2. The Morgan fingerprint density at radius 3 is 2.37 bits per heavy atom. The van der Waals surface area contributed by atoms with Gasteiger partial charge in [-0.2, -0.15) is 5.10 Å². The Labute approximate surface area is 217 Å². The van der Waals surface area contributed by atoms with Crippen molar-refractivity contribution in [2.45, 2.75) is 20.5 Å². The molecular formula is C26H26FIN2O5. The largest absolute Gasteiger partial charge is 0.493 e. The van der Waals surface area contributed by atoms with E-state index in [0.29, 0.717) is 47.3 Å². The number of ether oxygens (including phenoxy) is 4. The first kappa shape index (κ1) is 26.3. The van der Waals surface area contributed by atoms with E-state index in [-0.39, 0.29) is 18.3 Å². The van der Waals surface area contributed by atoms with Crippen molar-refractivity contribution in [3.8, 4) is 23.0 Å². The van der Waals surface area contributed by atoms with E-state index in [0.717, 1.165) is 9.13 Å². The summed E-state index contributed by atoms with van der Waals surface area (Å²) in [5.74, 6) is 1.48. The number of halogens is 2. The maximum absolute atomic E-state index is 13.1. The van der Waals surface area contributed by atoms with Crippen LogP contribution < -0.4 is 24.4 Å². The fourth-order valence-corrected chi connectivity index (χ4v) is 3.89. The predicted octanol–water partition coefficient (Wildman–Crippen LogP) is 5.58. The second kappa shape index (κ2) is 12.9. The molecule has 3 aromatic rings. The van der Waals surface area contributed by atoms with E-state index in [1.165, 1.54) is 18.3 Å². The molecule has 0 radical (unpaired) electrons. The Bertz CT molecular complexity index is 1190. The number of nitrogens with one attached hydrogen (secondary N) is 1. The van der Waals surface area contributed by atoms with E-state index in [1.54, 1.807) is 43.5 Å². The van der Waals surface area contributed by atoms with E-state index in [9.17, 15) is 9.18 Å². The van der Waals surface area contributed by atoms with Gasteiger partial charge in [-0.15, -0.1) is 0 Å². The highest BCUT2D eigenvalue weighted by atomic mass is 127. The highest BCUT2D eigenvalue weighted by Crippen LogP contribution is 2.34. The maximum atomic E-state index is 13.1. The number of nitrogens with zero attached hydrogens (tertiary/aromatic N) is 1. The summed E-state index contributed by atoms with van der Waals surface area (Å²) in [5, 5.41) is 4.07. The van der Waals surface area contributed by atoms with Gasteiger partial charge in [0.05, 0.1) is 30.1 Å². The lowest BCUT2D eigenvalue weighted by Crippen LogP contribution is -2.17. The minimum atomic E-state index is -0.383. The minimum absolute atomic E-state index is 0.266. The maximum Gasteiger partial charge on any atom is 0.271 e. The van der Waals surface area contributed by atoms with Crippen LogP contribution in [0.4, 0.5) is 4.39 Å². The van der Waals surface area contributed by atoms with E-state index >= 15 is 0 Å². The summed E-state index contributed by atoms with van der Waals surface area (Å²) in [6.45, 7) is 4.95. The third-order valence-electron chi connectivity index (χ3n) is 4.73. The molecule has 7 nitrogen and oxygen atoms in total. The molecule has 0 bridgehead atoms. The number of hydrogen-bond acceptors (Lipinski definition) is 6. The highest BCUT2D eigenvalue weighted by molar-refractivity contribution is 14.1. The zero-order chi connectivity index (χ0) is 25.2. The number of hydrazone groups is 1. The molecule has 9 heteroatoms. The summed E-state index contributed by atoms with van der Waals surface area (Å²) >= 11 is 2.14. The van der Waals surface area contributed by atoms with Gasteiger partial charge in [0.25, 0.3) is 5.91 Å². The molecule has 0 aromatic heterocycles. The molecule has 3 rings (SSSR count). The van der Waals surface area contributed by atoms with Gasteiger partial charge in [-0.1, -0.05) is 12.1 Å². The first-order valence-corrected chi connectivity index (χ1v) is 12.0. The summed E-state index contributed by atoms with van der Waals surface area (Å²) in [6.07, 6.45) is 1.52. The molecule has 0 saturated carbocycles. The molecule has 0 atom stereocenters. The Morgan fingerprint density at radius 1 is 0.971 bits per heavy atom. The number of amides is 1. The van der Waals surface area contributed by atoms with Crippen LogP contribution in [-0.2, 0) is 6.61 Å². The van der Waals surface area contributed by atoms with Crippen LogP contribution in [-0.4, -0.2) is 32.4 Å². The van der Waals surface area contributed by atoms with Gasteiger partial charge in [-0.3, -0.25) is 4.79 Å². The number of rotatable bonds is 11. The molecule has 184 valence electrons. The van der Waals surface area contributed by atoms with Crippen LogP contribution in [0.25, 0.3) is 0 Å². The molecule has 0 saturated heterocycles. The van der Waals surface area contributed by atoms with E-state index < -0.39 is 0 Å². The quantitative estimate of drug-likeness (QED) is 0.179. The van der Waals surface area contributed by atoms with Crippen LogP contribution in [0.15, 0.2) is 59.7 Å². The highest BCUT2D eigenvalue weighted by Gasteiger charge is 2.13. The monoisotopic (exact) mass is 592 g/mol. The fourth-order valence-electron chi connectivity index (χ4n) is 3.11. The van der Waals surface area contributed by atoms with Crippen molar-refractivity contribution in [2.75, 3.05) is 20.3 Å². The Kier molecular flexibility index (Phi) is 9.71. The molecule has 0 heterocycles. The van der Waals surface area contributed by atoms with Gasteiger partial charge < -0.3 is 18.9 Å². The van der Waals surface area contributed by atoms with Crippen molar-refractivity contribution in [3.63, 3.8) is 0 Å². The van der Waals surface area contributed by atoms with Crippen LogP contribution in [0.5, 0.6) is 23.0 Å². The summed E-state index contributed by atoms with van der Waals surface area (Å²) in [5.41, 5.74) is 4.46. The molecule has 1 N–H and O–H groups in total. The average molecular weight is 592 g/mol. The van der Waals surface area contributed by atoms with E-state index in [1.807, 2.05) is 19.9 Å². The Balaban J connectivity index is 1.68. The molecule has 3 aromatic carbocycles. The Morgan fingerprint density at radius 2 is 1.69 bits per heavy atom. The number of benzene rings is 3. The SMILES string of the molecule is CCOc1ccc(C(=O)N/N=C/c2cc(I)c(OCc3ccc(F)cc3)c(OC)c2)cc1OCC. The second-order valence-electron chi connectivity index (χ2n) is 7.18. The first-order valence-electron chi connectivity index (χ1n) is 10.9. The molecule has 0 fully saturated rings. The third kappa shape index (κ3) is 7.32. The van der Waals surface area contributed by atoms with Crippen LogP contribution in [0.2, 0.25) is 0 Å². The Hall–Kier alpha value is -3.34. The third-order valence-corrected chi connectivity index (χ3v) is 5.53. The lowest BCUT2D eigenvalue weighted by molar-refractivity contribution is 0.0954. The first-order chi connectivity index (χ1) is 16.9. The molecule has 0 aliphatic rings. The molecule has 0 aliphatic carbocycles. The normalized spacial score (nSPS) is 10.8. The molecule has 0 spiro atoms. The van der Waals surface area contributed by atoms with Gasteiger partial charge in [0.1, 0.15) is 12.4 Å². The molecule has 0 aliphatic heterocycles.